The minimum atomic E-state index is -0.818. The summed E-state index contributed by atoms with van der Waals surface area (Å²) in [6.07, 6.45) is 0.444. The minimum absolute atomic E-state index is 0.0181. The van der Waals surface area contributed by atoms with Crippen molar-refractivity contribution in [2.75, 3.05) is 37.7 Å². The molecule has 0 radical (unpaired) electrons. The number of cyclic esters (lactones) is 1. The molecule has 1 fully saturated rings. The molecular formula is C19H21F2N3O5. The second kappa shape index (κ2) is 8.56. The molecule has 1 saturated heterocycles. The van der Waals surface area contributed by atoms with Gasteiger partial charge in [0.15, 0.2) is 0 Å². The van der Waals surface area contributed by atoms with Gasteiger partial charge < -0.3 is 20.1 Å². The molecule has 2 aliphatic heterocycles. The van der Waals surface area contributed by atoms with E-state index in [1.165, 1.54) is 11.8 Å². The van der Waals surface area contributed by atoms with Crippen LogP contribution >= 0.6 is 0 Å². The third-order valence-corrected chi connectivity index (χ3v) is 4.82. The summed E-state index contributed by atoms with van der Waals surface area (Å²) in [4.78, 5) is 36.9. The molecule has 0 aliphatic carbocycles. The molecular weight excluding hydrogens is 388 g/mol. The van der Waals surface area contributed by atoms with Crippen molar-refractivity contribution < 1.29 is 33.0 Å². The van der Waals surface area contributed by atoms with Gasteiger partial charge in [-0.3, -0.25) is 14.5 Å². The molecule has 8 nitrogen and oxygen atoms in total. The molecule has 10 heteroatoms. The summed E-state index contributed by atoms with van der Waals surface area (Å²) in [6.45, 7) is 1.26. The van der Waals surface area contributed by atoms with Crippen LogP contribution in [-0.2, 0) is 14.3 Å². The van der Waals surface area contributed by atoms with Gasteiger partial charge in [0.05, 0.1) is 18.8 Å². The highest BCUT2D eigenvalue weighted by Gasteiger charge is 2.34. The van der Waals surface area contributed by atoms with Crippen molar-refractivity contribution in [3.05, 3.63) is 35.4 Å². The number of hydrogen-bond donors (Lipinski definition) is 2. The number of halogens is 2. The van der Waals surface area contributed by atoms with E-state index in [4.69, 9.17) is 9.84 Å². The molecule has 0 unspecified atom stereocenters. The number of aliphatic hydroxyl groups is 1. The molecule has 29 heavy (non-hydrogen) atoms. The molecule has 3 amide bonds. The number of anilines is 1. The van der Waals surface area contributed by atoms with Crippen LogP contribution < -0.4 is 10.2 Å². The van der Waals surface area contributed by atoms with Crippen molar-refractivity contribution in [2.24, 2.45) is 0 Å². The molecule has 2 aliphatic rings. The van der Waals surface area contributed by atoms with Crippen LogP contribution in [0.15, 0.2) is 18.2 Å². The number of carbonyl (C=O) groups excluding carboxylic acids is 3. The maximum atomic E-state index is 14.7. The molecule has 0 saturated carbocycles. The van der Waals surface area contributed by atoms with Crippen molar-refractivity contribution in [3.63, 3.8) is 0 Å². The lowest BCUT2D eigenvalue weighted by Crippen LogP contribution is -2.36. The molecule has 2 N–H and O–H groups in total. The zero-order valence-corrected chi connectivity index (χ0v) is 15.8. The fourth-order valence-corrected chi connectivity index (χ4v) is 3.31. The maximum Gasteiger partial charge on any atom is 0.414 e. The summed E-state index contributed by atoms with van der Waals surface area (Å²) >= 11 is 0. The Kier molecular flexibility index (Phi) is 6.12. The van der Waals surface area contributed by atoms with Gasteiger partial charge in [0.25, 0.3) is 0 Å². The highest BCUT2D eigenvalue weighted by atomic mass is 19.1. The first-order valence-corrected chi connectivity index (χ1v) is 9.09. The molecule has 1 aromatic rings. The summed E-state index contributed by atoms with van der Waals surface area (Å²) < 4.78 is 34.5. The normalized spacial score (nSPS) is 19.1. The Morgan fingerprint density at radius 1 is 1.31 bits per heavy atom. The van der Waals surface area contributed by atoms with E-state index in [1.807, 2.05) is 0 Å². The van der Waals surface area contributed by atoms with Gasteiger partial charge >= 0.3 is 6.09 Å². The van der Waals surface area contributed by atoms with Crippen LogP contribution in [0.5, 0.6) is 0 Å². The summed E-state index contributed by atoms with van der Waals surface area (Å²) in [7, 11) is 0. The van der Waals surface area contributed by atoms with Crippen LogP contribution in [0.4, 0.5) is 19.3 Å². The van der Waals surface area contributed by atoms with Crippen LogP contribution in [-0.4, -0.2) is 66.8 Å². The monoisotopic (exact) mass is 409 g/mol. The largest absolute Gasteiger partial charge is 0.442 e. The standard InChI is InChI=1S/C19H21F2N3O5/c1-11(26)22-8-13-9-24(19(28)29-13)17-7-15(20)14(6-16(17)21)12-2-4-23(5-3-12)18(27)10-25/h2,6-7,13,25H,3-5,8-10H2,1H3,(H,22,26)/t13-/m0/s1. The van der Waals surface area contributed by atoms with Gasteiger partial charge in [0.2, 0.25) is 11.8 Å². The Labute approximate surface area is 165 Å². The summed E-state index contributed by atoms with van der Waals surface area (Å²) in [5.74, 6) is -2.20. The van der Waals surface area contributed by atoms with E-state index in [2.05, 4.69) is 5.32 Å². The second-order valence-corrected chi connectivity index (χ2v) is 6.81. The number of carbonyl (C=O) groups is 3. The van der Waals surface area contributed by atoms with Gasteiger partial charge in [-0.25, -0.2) is 13.6 Å². The topological polar surface area (TPSA) is 99.2 Å². The van der Waals surface area contributed by atoms with Gasteiger partial charge in [-0.15, -0.1) is 0 Å². The highest BCUT2D eigenvalue weighted by Crippen LogP contribution is 2.32. The van der Waals surface area contributed by atoms with E-state index in [0.717, 1.165) is 17.0 Å². The number of benzene rings is 1. The Hall–Kier alpha value is -3.01. The predicted octanol–water partition coefficient (Wildman–Crippen LogP) is 1.03. The van der Waals surface area contributed by atoms with E-state index in [-0.39, 0.29) is 43.3 Å². The molecule has 0 bridgehead atoms. The predicted molar refractivity (Wildman–Crippen MR) is 98.9 cm³/mol. The Balaban J connectivity index is 1.76. The number of aliphatic hydroxyl groups excluding tert-OH is 1. The first kappa shape index (κ1) is 20.7. The van der Waals surface area contributed by atoms with Gasteiger partial charge in [0.1, 0.15) is 24.3 Å². The van der Waals surface area contributed by atoms with Crippen molar-refractivity contribution in [3.8, 4) is 0 Å². The van der Waals surface area contributed by atoms with Crippen LogP contribution in [0, 0.1) is 11.6 Å². The summed E-state index contributed by atoms with van der Waals surface area (Å²) in [5, 5.41) is 11.4. The number of amides is 3. The fraction of sp³-hybridized carbons (Fsp3) is 0.421. The third-order valence-electron chi connectivity index (χ3n) is 4.82. The lowest BCUT2D eigenvalue weighted by molar-refractivity contribution is -0.133. The number of nitrogens with one attached hydrogen (secondary N) is 1. The van der Waals surface area contributed by atoms with Crippen LogP contribution in [0.1, 0.15) is 18.9 Å². The molecule has 2 heterocycles. The maximum absolute atomic E-state index is 14.7. The van der Waals surface area contributed by atoms with Crippen molar-refractivity contribution >= 4 is 29.2 Å². The van der Waals surface area contributed by atoms with Crippen LogP contribution in [0.25, 0.3) is 5.57 Å². The molecule has 1 aromatic carbocycles. The van der Waals surface area contributed by atoms with Gasteiger partial charge in [-0.05, 0) is 18.1 Å². The zero-order chi connectivity index (χ0) is 21.1. The van der Waals surface area contributed by atoms with Crippen molar-refractivity contribution in [1.29, 1.82) is 0 Å². The Morgan fingerprint density at radius 2 is 2.07 bits per heavy atom. The van der Waals surface area contributed by atoms with Crippen LogP contribution in [0.2, 0.25) is 0 Å². The molecule has 0 aromatic heterocycles. The fourth-order valence-electron chi connectivity index (χ4n) is 3.31. The van der Waals surface area contributed by atoms with Gasteiger partial charge in [-0.1, -0.05) is 6.08 Å². The third kappa shape index (κ3) is 4.53. The van der Waals surface area contributed by atoms with Gasteiger partial charge in [-0.2, -0.15) is 0 Å². The molecule has 1 atom stereocenters. The molecule has 156 valence electrons. The Bertz CT molecular complexity index is 874. The first-order chi connectivity index (χ1) is 13.8. The quantitative estimate of drug-likeness (QED) is 0.757. The van der Waals surface area contributed by atoms with Gasteiger partial charge in [0, 0.05) is 31.6 Å². The van der Waals surface area contributed by atoms with Crippen molar-refractivity contribution in [1.82, 2.24) is 10.2 Å². The van der Waals surface area contributed by atoms with E-state index in [0.29, 0.717) is 12.0 Å². The highest BCUT2D eigenvalue weighted by molar-refractivity contribution is 5.90. The number of rotatable bonds is 5. The SMILES string of the molecule is CC(=O)NC[C@H]1CN(c2cc(F)c(C3=CCN(C(=O)CO)CC3)cc2F)C(=O)O1. The Morgan fingerprint density at radius 3 is 2.69 bits per heavy atom. The van der Waals surface area contributed by atoms with Crippen LogP contribution in [0.3, 0.4) is 0 Å². The molecule has 3 rings (SSSR count). The van der Waals surface area contributed by atoms with Crippen molar-refractivity contribution in [2.45, 2.75) is 19.4 Å². The average molecular weight is 409 g/mol. The minimum Gasteiger partial charge on any atom is -0.442 e. The lowest BCUT2D eigenvalue weighted by Gasteiger charge is -2.26. The average Bonchev–Trinajstić information content (AvgIpc) is 3.07. The number of ether oxygens (including phenoxy) is 1. The smallest absolute Gasteiger partial charge is 0.414 e. The first-order valence-electron chi connectivity index (χ1n) is 9.09. The number of hydrogen-bond acceptors (Lipinski definition) is 5. The van der Waals surface area contributed by atoms with E-state index in [1.54, 1.807) is 6.08 Å². The molecule has 0 spiro atoms. The van der Waals surface area contributed by atoms with E-state index >= 15 is 0 Å². The zero-order valence-electron chi connectivity index (χ0n) is 15.8. The van der Waals surface area contributed by atoms with E-state index in [9.17, 15) is 23.2 Å². The summed E-state index contributed by atoms with van der Waals surface area (Å²) in [6, 6.07) is 1.97. The number of nitrogens with zero attached hydrogens (tertiary/aromatic N) is 2. The summed E-state index contributed by atoms with van der Waals surface area (Å²) in [5.41, 5.74) is 0.363. The second-order valence-electron chi connectivity index (χ2n) is 6.81. The van der Waals surface area contributed by atoms with E-state index < -0.39 is 36.3 Å². The lowest BCUT2D eigenvalue weighted by atomic mass is 9.98.